The van der Waals surface area contributed by atoms with Gasteiger partial charge in [0.25, 0.3) is 0 Å². The minimum atomic E-state index is -0.358. The van der Waals surface area contributed by atoms with Gasteiger partial charge in [0.15, 0.2) is 0 Å². The highest BCUT2D eigenvalue weighted by Gasteiger charge is 2.27. The molecule has 0 saturated carbocycles. The van der Waals surface area contributed by atoms with Crippen LogP contribution in [0.15, 0.2) is 24.3 Å². The molecule has 1 N–H and O–H groups in total. The molecule has 5 heteroatoms. The Morgan fingerprint density at radius 2 is 2.12 bits per heavy atom. The molecule has 1 heterocycles. The standard InChI is InChI=1S/C19H26N2O3/c1-3-20-19(22)24-21-11-9-15(10-12-21)17-6-4-5-14-7-8-16(23-2)13-18(14)17/h6-8,13,15H,3-5,9-12H2,1-2H3,(H,20,22). The predicted molar refractivity (Wildman–Crippen MR) is 93.7 cm³/mol. The lowest BCUT2D eigenvalue weighted by molar-refractivity contribution is -0.114. The number of carbonyl (C=O) groups excluding carboxylic acids is 1. The van der Waals surface area contributed by atoms with E-state index in [9.17, 15) is 4.79 Å². The van der Waals surface area contributed by atoms with E-state index >= 15 is 0 Å². The van der Waals surface area contributed by atoms with Crippen LogP contribution in [0.4, 0.5) is 4.79 Å². The number of ether oxygens (including phenoxy) is 1. The molecule has 0 aromatic heterocycles. The molecule has 1 aliphatic carbocycles. The number of aryl methyl sites for hydroxylation is 1. The number of piperidine rings is 1. The van der Waals surface area contributed by atoms with E-state index in [2.05, 4.69) is 23.5 Å². The number of hydroxylamine groups is 2. The number of amides is 1. The van der Waals surface area contributed by atoms with E-state index in [4.69, 9.17) is 9.57 Å². The average molecular weight is 330 g/mol. The zero-order valence-electron chi connectivity index (χ0n) is 14.5. The summed E-state index contributed by atoms with van der Waals surface area (Å²) < 4.78 is 5.40. The van der Waals surface area contributed by atoms with Gasteiger partial charge in [-0.3, -0.25) is 0 Å². The topological polar surface area (TPSA) is 50.8 Å². The van der Waals surface area contributed by atoms with Gasteiger partial charge in [0.1, 0.15) is 5.75 Å². The van der Waals surface area contributed by atoms with E-state index in [1.165, 1.54) is 16.7 Å². The first kappa shape index (κ1) is 16.8. The van der Waals surface area contributed by atoms with E-state index in [0.29, 0.717) is 12.5 Å². The smallest absolute Gasteiger partial charge is 0.426 e. The van der Waals surface area contributed by atoms with Gasteiger partial charge in [-0.2, -0.15) is 0 Å². The highest BCUT2D eigenvalue weighted by atomic mass is 16.7. The van der Waals surface area contributed by atoms with Crippen LogP contribution >= 0.6 is 0 Å². The van der Waals surface area contributed by atoms with Gasteiger partial charge in [-0.1, -0.05) is 12.1 Å². The van der Waals surface area contributed by atoms with E-state index in [-0.39, 0.29) is 6.09 Å². The summed E-state index contributed by atoms with van der Waals surface area (Å²) in [6.45, 7) is 4.02. The lowest BCUT2D eigenvalue weighted by Gasteiger charge is -2.33. The van der Waals surface area contributed by atoms with Gasteiger partial charge in [-0.05, 0) is 67.4 Å². The zero-order chi connectivity index (χ0) is 16.9. The maximum atomic E-state index is 11.5. The molecule has 0 bridgehead atoms. The summed E-state index contributed by atoms with van der Waals surface area (Å²) in [4.78, 5) is 16.8. The summed E-state index contributed by atoms with van der Waals surface area (Å²) in [7, 11) is 1.71. The van der Waals surface area contributed by atoms with Crippen molar-refractivity contribution >= 4 is 11.7 Å². The molecule has 3 rings (SSSR count). The van der Waals surface area contributed by atoms with Crippen LogP contribution in [0.25, 0.3) is 5.57 Å². The summed E-state index contributed by atoms with van der Waals surface area (Å²) in [6.07, 6.45) is 6.23. The third-order valence-corrected chi connectivity index (χ3v) is 4.83. The molecular weight excluding hydrogens is 304 g/mol. The summed E-state index contributed by atoms with van der Waals surface area (Å²) >= 11 is 0. The van der Waals surface area contributed by atoms with Crippen molar-refractivity contribution in [3.8, 4) is 5.75 Å². The number of nitrogens with zero attached hydrogens (tertiary/aromatic N) is 1. The van der Waals surface area contributed by atoms with Crippen LogP contribution in [-0.4, -0.2) is 37.9 Å². The second kappa shape index (κ2) is 7.71. The van der Waals surface area contributed by atoms with Crippen molar-refractivity contribution in [2.24, 2.45) is 5.92 Å². The van der Waals surface area contributed by atoms with Gasteiger partial charge < -0.3 is 14.9 Å². The predicted octanol–water partition coefficient (Wildman–Crippen LogP) is 3.40. The fourth-order valence-electron chi connectivity index (χ4n) is 3.60. The van der Waals surface area contributed by atoms with Crippen molar-refractivity contribution in [2.75, 3.05) is 26.7 Å². The SMILES string of the molecule is CCNC(=O)ON1CCC(C2=CCCc3ccc(OC)cc32)CC1. The lowest BCUT2D eigenvalue weighted by Crippen LogP contribution is -2.39. The molecule has 1 aliphatic heterocycles. The van der Waals surface area contributed by atoms with Gasteiger partial charge in [-0.25, -0.2) is 4.79 Å². The fraction of sp³-hybridized carbons (Fsp3) is 0.526. The second-order valence-electron chi connectivity index (χ2n) is 6.33. The van der Waals surface area contributed by atoms with Gasteiger partial charge in [0, 0.05) is 19.6 Å². The molecule has 5 nitrogen and oxygen atoms in total. The van der Waals surface area contributed by atoms with Gasteiger partial charge in [-0.15, -0.1) is 5.06 Å². The van der Waals surface area contributed by atoms with Crippen molar-refractivity contribution in [2.45, 2.75) is 32.6 Å². The number of rotatable bonds is 4. The number of allylic oxidation sites excluding steroid dienone is 2. The van der Waals surface area contributed by atoms with Crippen LogP contribution in [0, 0.1) is 5.92 Å². The molecule has 1 fully saturated rings. The summed E-state index contributed by atoms with van der Waals surface area (Å²) in [5.41, 5.74) is 4.19. The number of carbonyl (C=O) groups is 1. The van der Waals surface area contributed by atoms with Crippen molar-refractivity contribution in [3.63, 3.8) is 0 Å². The summed E-state index contributed by atoms with van der Waals surface area (Å²) in [6, 6.07) is 6.40. The molecule has 0 spiro atoms. The zero-order valence-corrected chi connectivity index (χ0v) is 14.5. The molecule has 1 saturated heterocycles. The number of nitrogens with one attached hydrogen (secondary N) is 1. The Kier molecular flexibility index (Phi) is 5.41. The van der Waals surface area contributed by atoms with Crippen molar-refractivity contribution < 1.29 is 14.4 Å². The van der Waals surface area contributed by atoms with E-state index in [1.807, 2.05) is 13.0 Å². The molecule has 1 amide bonds. The molecule has 1 aromatic carbocycles. The number of methoxy groups -OCH3 is 1. The molecule has 0 radical (unpaired) electrons. The summed E-state index contributed by atoms with van der Waals surface area (Å²) in [5.74, 6) is 1.43. The van der Waals surface area contributed by atoms with Gasteiger partial charge in [0.2, 0.25) is 0 Å². The highest BCUT2D eigenvalue weighted by Crippen LogP contribution is 2.38. The third-order valence-electron chi connectivity index (χ3n) is 4.83. The minimum Gasteiger partial charge on any atom is -0.497 e. The average Bonchev–Trinajstić information content (AvgIpc) is 2.61. The number of hydrogen-bond donors (Lipinski definition) is 1. The Hall–Kier alpha value is -2.01. The Morgan fingerprint density at radius 3 is 2.83 bits per heavy atom. The molecular formula is C19H26N2O3. The Balaban J connectivity index is 1.65. The maximum Gasteiger partial charge on any atom is 0.426 e. The van der Waals surface area contributed by atoms with Crippen LogP contribution in [-0.2, 0) is 11.3 Å². The first-order valence-electron chi connectivity index (χ1n) is 8.79. The molecule has 1 aromatic rings. The van der Waals surface area contributed by atoms with Gasteiger partial charge >= 0.3 is 6.09 Å². The third kappa shape index (κ3) is 3.73. The van der Waals surface area contributed by atoms with Crippen LogP contribution < -0.4 is 10.1 Å². The minimum absolute atomic E-state index is 0.358. The van der Waals surface area contributed by atoms with Crippen molar-refractivity contribution in [1.82, 2.24) is 10.4 Å². The number of benzene rings is 1. The Bertz CT molecular complexity index is 619. The quantitative estimate of drug-likeness (QED) is 0.919. The number of hydrogen-bond acceptors (Lipinski definition) is 4. The van der Waals surface area contributed by atoms with E-state index in [0.717, 1.165) is 44.5 Å². The lowest BCUT2D eigenvalue weighted by atomic mass is 9.80. The largest absolute Gasteiger partial charge is 0.497 e. The number of fused-ring (bicyclic) bond motifs is 1. The Labute approximate surface area is 143 Å². The van der Waals surface area contributed by atoms with E-state index < -0.39 is 0 Å². The second-order valence-corrected chi connectivity index (χ2v) is 6.33. The highest BCUT2D eigenvalue weighted by molar-refractivity contribution is 5.73. The molecule has 0 unspecified atom stereocenters. The van der Waals surface area contributed by atoms with Crippen molar-refractivity contribution in [3.05, 3.63) is 35.4 Å². The first-order valence-corrected chi connectivity index (χ1v) is 8.79. The van der Waals surface area contributed by atoms with Crippen LogP contribution in [0.5, 0.6) is 5.75 Å². The van der Waals surface area contributed by atoms with Gasteiger partial charge in [0.05, 0.1) is 7.11 Å². The fourth-order valence-corrected chi connectivity index (χ4v) is 3.60. The molecule has 0 atom stereocenters. The molecule has 130 valence electrons. The molecule has 24 heavy (non-hydrogen) atoms. The first-order chi connectivity index (χ1) is 11.7. The van der Waals surface area contributed by atoms with Crippen molar-refractivity contribution in [1.29, 1.82) is 0 Å². The van der Waals surface area contributed by atoms with Crippen LogP contribution in [0.2, 0.25) is 0 Å². The summed E-state index contributed by atoms with van der Waals surface area (Å²) in [5, 5.41) is 4.44. The van der Waals surface area contributed by atoms with E-state index in [1.54, 1.807) is 12.2 Å². The monoisotopic (exact) mass is 330 g/mol. The van der Waals surface area contributed by atoms with Crippen LogP contribution in [0.3, 0.4) is 0 Å². The Morgan fingerprint density at radius 1 is 1.33 bits per heavy atom. The normalized spacial score (nSPS) is 18.5. The maximum absolute atomic E-state index is 11.5. The molecule has 2 aliphatic rings. The van der Waals surface area contributed by atoms with Crippen LogP contribution in [0.1, 0.15) is 37.3 Å².